The highest BCUT2D eigenvalue weighted by atomic mass is 32.2. The smallest absolute Gasteiger partial charge is 0.210 e. The fourth-order valence-electron chi connectivity index (χ4n) is 0.694. The summed E-state index contributed by atoms with van der Waals surface area (Å²) in [5, 5.41) is 8.52. The third-order valence-electron chi connectivity index (χ3n) is 1.15. The number of nitrogens with zero attached hydrogens (tertiary/aromatic N) is 2. The molecule has 0 aromatic heterocycles. The monoisotopic (exact) mass is 176 g/mol. The number of hydrogen-bond acceptors (Lipinski definition) is 4. The molecule has 0 amide bonds. The van der Waals surface area contributed by atoms with Crippen LogP contribution in [0.4, 0.5) is 0 Å². The predicted molar refractivity (Wildman–Crippen MR) is 45.1 cm³/mol. The van der Waals surface area contributed by atoms with Crippen LogP contribution in [0.5, 0.6) is 0 Å². The number of nitriles is 1. The second kappa shape index (κ2) is 4.35. The lowest BCUT2D eigenvalue weighted by atomic mass is 10.2. The van der Waals surface area contributed by atoms with E-state index in [0.29, 0.717) is 5.56 Å². The first-order chi connectivity index (χ1) is 5.86. The van der Waals surface area contributed by atoms with E-state index in [1.807, 2.05) is 6.07 Å². The fourth-order valence-corrected chi connectivity index (χ4v) is 1.16. The van der Waals surface area contributed by atoms with Gasteiger partial charge in [-0.2, -0.15) is 5.26 Å². The molecule has 0 fully saturated rings. The van der Waals surface area contributed by atoms with Crippen LogP contribution in [-0.2, 0) is 4.79 Å². The molecular weight excluding hydrogens is 172 g/mol. The molecule has 0 atom stereocenters. The summed E-state index contributed by atoms with van der Waals surface area (Å²) < 4.78 is 3.32. The van der Waals surface area contributed by atoms with Gasteiger partial charge in [-0.3, -0.25) is 0 Å². The highest BCUT2D eigenvalue weighted by Gasteiger charge is 1.93. The zero-order valence-corrected chi connectivity index (χ0v) is 6.84. The van der Waals surface area contributed by atoms with Crippen LogP contribution in [0.3, 0.4) is 0 Å². The zero-order valence-electron chi connectivity index (χ0n) is 6.02. The number of isocyanates is 1. The van der Waals surface area contributed by atoms with Gasteiger partial charge in [-0.25, -0.2) is 4.79 Å². The standard InChI is InChI=1S/C8H4N2OS/c9-5-7-2-1-3-8(4-7)12-10-6-11/h1-4H. The molecule has 0 heterocycles. The van der Waals surface area contributed by atoms with Crippen LogP contribution in [0.15, 0.2) is 33.6 Å². The van der Waals surface area contributed by atoms with Crippen molar-refractivity contribution >= 4 is 18.0 Å². The molecule has 1 aromatic carbocycles. The Balaban J connectivity index is 2.88. The third kappa shape index (κ3) is 2.24. The van der Waals surface area contributed by atoms with Gasteiger partial charge in [-0.15, -0.1) is 4.40 Å². The largest absolute Gasteiger partial charge is 0.247 e. The normalized spacial score (nSPS) is 8.25. The van der Waals surface area contributed by atoms with Crippen LogP contribution in [0.25, 0.3) is 0 Å². The molecule has 0 N–H and O–H groups in total. The summed E-state index contributed by atoms with van der Waals surface area (Å²) in [4.78, 5) is 10.5. The van der Waals surface area contributed by atoms with Crippen molar-refractivity contribution in [3.05, 3.63) is 29.8 Å². The van der Waals surface area contributed by atoms with E-state index in [0.717, 1.165) is 16.8 Å². The summed E-state index contributed by atoms with van der Waals surface area (Å²) >= 11 is 1.00. The second-order valence-electron chi connectivity index (χ2n) is 1.91. The lowest BCUT2D eigenvalue weighted by molar-refractivity contribution is 0.566. The van der Waals surface area contributed by atoms with Crippen molar-refractivity contribution in [1.29, 1.82) is 5.26 Å². The van der Waals surface area contributed by atoms with Gasteiger partial charge in [0.25, 0.3) is 0 Å². The maximum absolute atomic E-state index is 9.76. The van der Waals surface area contributed by atoms with Gasteiger partial charge in [0, 0.05) is 16.8 Å². The van der Waals surface area contributed by atoms with Crippen molar-refractivity contribution < 1.29 is 4.79 Å². The van der Waals surface area contributed by atoms with Crippen LogP contribution >= 0.6 is 11.9 Å². The van der Waals surface area contributed by atoms with Gasteiger partial charge in [-0.1, -0.05) is 6.07 Å². The average molecular weight is 176 g/mol. The molecule has 0 aliphatic carbocycles. The Hall–Kier alpha value is -1.56. The molecule has 0 bridgehead atoms. The summed E-state index contributed by atoms with van der Waals surface area (Å²) in [5.74, 6) is 0. The Morgan fingerprint density at radius 1 is 1.50 bits per heavy atom. The number of rotatable bonds is 2. The van der Waals surface area contributed by atoms with Gasteiger partial charge in [0.05, 0.1) is 11.6 Å². The van der Waals surface area contributed by atoms with Crippen molar-refractivity contribution in [1.82, 2.24) is 0 Å². The molecule has 0 aliphatic rings. The molecule has 58 valence electrons. The first-order valence-corrected chi connectivity index (χ1v) is 3.88. The molecule has 0 unspecified atom stereocenters. The molecular formula is C8H4N2OS. The van der Waals surface area contributed by atoms with Crippen molar-refractivity contribution in [3.8, 4) is 6.07 Å². The average Bonchev–Trinajstić information content (AvgIpc) is 2.15. The SMILES string of the molecule is N#Cc1cccc(SN=C=O)c1. The van der Waals surface area contributed by atoms with E-state index in [4.69, 9.17) is 5.26 Å². The lowest BCUT2D eigenvalue weighted by Gasteiger charge is -1.92. The first kappa shape index (κ1) is 8.54. The number of hydrogen-bond donors (Lipinski definition) is 0. The Kier molecular flexibility index (Phi) is 3.09. The van der Waals surface area contributed by atoms with E-state index in [-0.39, 0.29) is 0 Å². The van der Waals surface area contributed by atoms with E-state index < -0.39 is 0 Å². The van der Waals surface area contributed by atoms with Crippen molar-refractivity contribution in [2.75, 3.05) is 0 Å². The summed E-state index contributed by atoms with van der Waals surface area (Å²) in [6.45, 7) is 0. The van der Waals surface area contributed by atoms with E-state index in [1.54, 1.807) is 24.3 Å². The molecule has 3 nitrogen and oxygen atoms in total. The zero-order chi connectivity index (χ0) is 8.81. The van der Waals surface area contributed by atoms with E-state index in [2.05, 4.69) is 4.40 Å². The summed E-state index contributed by atoms with van der Waals surface area (Å²) in [5.41, 5.74) is 0.557. The summed E-state index contributed by atoms with van der Waals surface area (Å²) in [7, 11) is 0. The Morgan fingerprint density at radius 3 is 3.00 bits per heavy atom. The van der Waals surface area contributed by atoms with Gasteiger partial charge < -0.3 is 0 Å². The minimum Gasteiger partial charge on any atom is -0.210 e. The van der Waals surface area contributed by atoms with Crippen LogP contribution in [0.2, 0.25) is 0 Å². The molecule has 0 spiro atoms. The lowest BCUT2D eigenvalue weighted by Crippen LogP contribution is -1.73. The molecule has 0 aliphatic heterocycles. The van der Waals surface area contributed by atoms with Gasteiger partial charge in [0.2, 0.25) is 6.08 Å². The first-order valence-electron chi connectivity index (χ1n) is 3.11. The molecule has 1 rings (SSSR count). The Labute approximate surface area is 73.9 Å². The topological polar surface area (TPSA) is 53.2 Å². The Morgan fingerprint density at radius 2 is 2.33 bits per heavy atom. The maximum Gasteiger partial charge on any atom is 0.247 e. The van der Waals surface area contributed by atoms with Gasteiger partial charge >= 0.3 is 0 Å². The predicted octanol–water partition coefficient (Wildman–Crippen LogP) is 1.90. The quantitative estimate of drug-likeness (QED) is 0.393. The maximum atomic E-state index is 9.76. The molecule has 0 saturated carbocycles. The number of carbonyl (C=O) groups excluding carboxylic acids is 1. The Bertz CT molecular complexity index is 364. The number of benzene rings is 1. The van der Waals surface area contributed by atoms with Crippen LogP contribution < -0.4 is 0 Å². The van der Waals surface area contributed by atoms with Gasteiger partial charge in [-0.05, 0) is 18.2 Å². The van der Waals surface area contributed by atoms with Crippen molar-refractivity contribution in [2.45, 2.75) is 4.90 Å². The minimum absolute atomic E-state index is 0.557. The van der Waals surface area contributed by atoms with Gasteiger partial charge in [0.15, 0.2) is 0 Å². The molecule has 1 aromatic rings. The van der Waals surface area contributed by atoms with E-state index >= 15 is 0 Å². The van der Waals surface area contributed by atoms with Gasteiger partial charge in [0.1, 0.15) is 0 Å². The molecule has 4 heteroatoms. The minimum atomic E-state index is 0.557. The molecule has 0 saturated heterocycles. The van der Waals surface area contributed by atoms with Crippen LogP contribution in [-0.4, -0.2) is 6.08 Å². The van der Waals surface area contributed by atoms with Crippen molar-refractivity contribution in [2.24, 2.45) is 4.40 Å². The summed E-state index contributed by atoms with van der Waals surface area (Å²) in [6.07, 6.45) is 1.41. The highest BCUT2D eigenvalue weighted by Crippen LogP contribution is 2.18. The third-order valence-corrected chi connectivity index (χ3v) is 1.78. The molecule has 12 heavy (non-hydrogen) atoms. The summed E-state index contributed by atoms with van der Waals surface area (Å²) in [6, 6.07) is 8.85. The van der Waals surface area contributed by atoms with E-state index in [1.165, 1.54) is 6.08 Å². The highest BCUT2D eigenvalue weighted by molar-refractivity contribution is 7.98. The van der Waals surface area contributed by atoms with Crippen LogP contribution in [0.1, 0.15) is 5.56 Å². The van der Waals surface area contributed by atoms with E-state index in [9.17, 15) is 4.79 Å². The van der Waals surface area contributed by atoms with Crippen LogP contribution in [0, 0.1) is 11.3 Å². The second-order valence-corrected chi connectivity index (χ2v) is 2.75. The fraction of sp³-hybridized carbons (Fsp3) is 0. The molecule has 0 radical (unpaired) electrons. The van der Waals surface area contributed by atoms with Crippen molar-refractivity contribution in [3.63, 3.8) is 0 Å².